The van der Waals surface area contributed by atoms with E-state index in [4.69, 9.17) is 0 Å². The van der Waals surface area contributed by atoms with Crippen LogP contribution in [0.25, 0.3) is 0 Å². The zero-order chi connectivity index (χ0) is 13.8. The second-order valence-corrected chi connectivity index (χ2v) is 11.0. The summed E-state index contributed by atoms with van der Waals surface area (Å²) in [5.74, 6) is 0. The summed E-state index contributed by atoms with van der Waals surface area (Å²) in [7, 11) is 0. The molecule has 0 radical (unpaired) electrons. The first-order valence-electron chi connectivity index (χ1n) is 6.58. The quantitative estimate of drug-likeness (QED) is 0.449. The van der Waals surface area contributed by atoms with Gasteiger partial charge in [0, 0.05) is 0 Å². The van der Waals surface area contributed by atoms with Gasteiger partial charge < -0.3 is 24.8 Å². The normalized spacial score (nSPS) is 10.3. The van der Waals surface area contributed by atoms with E-state index in [1.54, 1.807) is 0 Å². The molecule has 0 fully saturated rings. The Kier molecular flexibility index (Phi) is 22.0. The van der Waals surface area contributed by atoms with Gasteiger partial charge in [-0.15, -0.1) is 6.42 Å². The molecule has 0 atom stereocenters. The molecular weight excluding hydrogens is 339 g/mol. The molecule has 1 aliphatic rings. The minimum atomic E-state index is 0. The molecule has 0 amide bonds. The predicted molar refractivity (Wildman–Crippen MR) is 79.8 cm³/mol. The van der Waals surface area contributed by atoms with Gasteiger partial charge in [0.15, 0.2) is 0 Å². The molecule has 0 heterocycles. The number of hydrogen-bond donors (Lipinski definition) is 0. The van der Waals surface area contributed by atoms with Crippen molar-refractivity contribution in [3.63, 3.8) is 0 Å². The van der Waals surface area contributed by atoms with Gasteiger partial charge in [-0.3, -0.25) is 6.08 Å². The number of hydrogen-bond acceptors (Lipinski definition) is 0. The van der Waals surface area contributed by atoms with Crippen LogP contribution >= 0.6 is 0 Å². The van der Waals surface area contributed by atoms with Crippen LogP contribution in [0.1, 0.15) is 31.4 Å². The summed E-state index contributed by atoms with van der Waals surface area (Å²) in [5, 5.41) is 0. The maximum atomic E-state index is 2.99. The number of aryl methyl sites for hydroxylation is 2. The summed E-state index contributed by atoms with van der Waals surface area (Å²) in [6.07, 6.45) is 12.5. The van der Waals surface area contributed by atoms with Crippen molar-refractivity contribution in [1.29, 1.82) is 0 Å². The summed E-state index contributed by atoms with van der Waals surface area (Å²) >= 11 is 2.27. The average Bonchev–Trinajstić information content (AvgIpc) is 3.02. The molecule has 1 aromatic rings. The topological polar surface area (TPSA) is 0 Å². The van der Waals surface area contributed by atoms with Gasteiger partial charge in [-0.2, -0.15) is 35.4 Å². The van der Waals surface area contributed by atoms with Gasteiger partial charge in [0.05, 0.1) is 0 Å². The van der Waals surface area contributed by atoms with Gasteiger partial charge in [-0.25, -0.2) is 12.2 Å². The molecule has 0 aliphatic heterocycles. The summed E-state index contributed by atoms with van der Waals surface area (Å²) in [6.45, 7) is 8.94. The first kappa shape index (κ1) is 25.3. The molecule has 0 bridgehead atoms. The van der Waals surface area contributed by atoms with Crippen LogP contribution in [0.5, 0.6) is 0 Å². The molecule has 0 saturated heterocycles. The third-order valence-electron chi connectivity index (χ3n) is 2.35. The van der Waals surface area contributed by atoms with E-state index < -0.39 is 0 Å². The standard InChI is InChI=1S/C9H13.C5H5.C2H6Si.2ClH.Ti/c1-3-8-6-5-7-9(8)4-2;1-2-4-5-3-1;1-3-2;;;/h5-7H,3-4H2,1-2H3;1-3H,4H2;1-2H3;2*1H;/q2*-1;;;;+2/p-2. The number of allylic oxidation sites excluding steroid dienone is 4. The SMILES string of the molecule is CCc1c[cH-]cc1CC.C[Si](C)=[Ti+2].[C-]1=CC=CC1.[Cl-].[Cl-]. The van der Waals surface area contributed by atoms with Crippen molar-refractivity contribution in [2.45, 2.75) is 46.2 Å². The zero-order valence-corrected chi connectivity index (χ0v) is 16.9. The predicted octanol–water partition coefficient (Wildman–Crippen LogP) is -1.37. The van der Waals surface area contributed by atoms with Gasteiger partial charge in [0.1, 0.15) is 0 Å². The Labute approximate surface area is 149 Å². The van der Waals surface area contributed by atoms with Crippen molar-refractivity contribution in [2.24, 2.45) is 0 Å². The van der Waals surface area contributed by atoms with Gasteiger partial charge in [0.2, 0.25) is 0 Å². The van der Waals surface area contributed by atoms with Crippen LogP contribution in [0.2, 0.25) is 13.1 Å². The zero-order valence-electron chi connectivity index (χ0n) is 12.8. The number of rotatable bonds is 2. The summed E-state index contributed by atoms with van der Waals surface area (Å²) < 4.78 is 0. The van der Waals surface area contributed by atoms with Crippen LogP contribution in [-0.4, -0.2) is 6.19 Å². The fourth-order valence-corrected chi connectivity index (χ4v) is 1.52. The minimum Gasteiger partial charge on any atom is -1.00 e. The fourth-order valence-electron chi connectivity index (χ4n) is 1.52. The Morgan fingerprint density at radius 3 is 1.80 bits per heavy atom. The maximum Gasteiger partial charge on any atom is -0.109 e. The van der Waals surface area contributed by atoms with E-state index in [2.05, 4.69) is 76.5 Å². The average molecular weight is 363 g/mol. The van der Waals surface area contributed by atoms with Crippen LogP contribution < -0.4 is 24.8 Å². The van der Waals surface area contributed by atoms with Crippen molar-refractivity contribution in [1.82, 2.24) is 0 Å². The van der Waals surface area contributed by atoms with Gasteiger partial charge >= 0.3 is 38.5 Å². The molecule has 0 unspecified atom stereocenters. The Hall–Kier alpha value is 0.341. The molecule has 1 aliphatic carbocycles. The van der Waals surface area contributed by atoms with Crippen LogP contribution in [0.4, 0.5) is 0 Å². The largest absolute Gasteiger partial charge is 1.00 e. The summed E-state index contributed by atoms with van der Waals surface area (Å²) in [5.41, 5.74) is 3.02. The van der Waals surface area contributed by atoms with Crippen molar-refractivity contribution < 1.29 is 44.0 Å². The molecule has 4 heteroatoms. The minimum absolute atomic E-state index is 0. The van der Waals surface area contributed by atoms with Crippen LogP contribution in [0.15, 0.2) is 36.4 Å². The molecular formula is C16H24Cl2SiTi-2. The fraction of sp³-hybridized carbons (Fsp3) is 0.438. The van der Waals surface area contributed by atoms with E-state index in [-0.39, 0.29) is 31.0 Å². The molecule has 0 N–H and O–H groups in total. The van der Waals surface area contributed by atoms with Crippen molar-refractivity contribution in [3.05, 3.63) is 53.6 Å². The first-order chi connectivity index (χ1) is 8.61. The second kappa shape index (κ2) is 17.4. The van der Waals surface area contributed by atoms with E-state index in [1.165, 1.54) is 24.0 Å². The van der Waals surface area contributed by atoms with Crippen LogP contribution in [0.3, 0.4) is 0 Å². The van der Waals surface area contributed by atoms with E-state index in [0.29, 0.717) is 0 Å². The van der Waals surface area contributed by atoms with Crippen LogP contribution in [0, 0.1) is 6.08 Å². The van der Waals surface area contributed by atoms with E-state index in [9.17, 15) is 0 Å². The maximum absolute atomic E-state index is 2.99. The Morgan fingerprint density at radius 2 is 1.60 bits per heavy atom. The van der Waals surface area contributed by atoms with Crippen LogP contribution in [-0.2, 0) is 32.0 Å². The van der Waals surface area contributed by atoms with Gasteiger partial charge in [-0.1, -0.05) is 26.7 Å². The molecule has 1 aromatic carbocycles. The third-order valence-corrected chi connectivity index (χ3v) is 2.35. The Balaban J connectivity index is -0.000000228. The molecule has 112 valence electrons. The third kappa shape index (κ3) is 14.7. The Morgan fingerprint density at radius 1 is 1.15 bits per heavy atom. The smallest absolute Gasteiger partial charge is 0.109 e. The monoisotopic (exact) mass is 362 g/mol. The molecule has 2 rings (SSSR count). The number of halogens is 2. The molecule has 20 heavy (non-hydrogen) atoms. The van der Waals surface area contributed by atoms with Gasteiger partial charge in [-0.05, 0) is 0 Å². The van der Waals surface area contributed by atoms with Crippen molar-refractivity contribution in [3.8, 4) is 0 Å². The van der Waals surface area contributed by atoms with E-state index in [0.717, 1.165) is 6.42 Å². The summed E-state index contributed by atoms with van der Waals surface area (Å²) in [6, 6.07) is 6.55. The Bertz CT molecular complexity index is 362. The van der Waals surface area contributed by atoms with E-state index in [1.807, 2.05) is 12.2 Å². The molecule has 0 aromatic heterocycles. The van der Waals surface area contributed by atoms with Crippen molar-refractivity contribution in [2.75, 3.05) is 0 Å². The van der Waals surface area contributed by atoms with Crippen molar-refractivity contribution >= 4 is 6.19 Å². The molecule has 0 spiro atoms. The molecule has 0 nitrogen and oxygen atoms in total. The van der Waals surface area contributed by atoms with E-state index >= 15 is 0 Å². The summed E-state index contributed by atoms with van der Waals surface area (Å²) in [4.78, 5) is 0. The second-order valence-electron chi connectivity index (χ2n) is 4.29. The molecule has 0 saturated carbocycles. The first-order valence-corrected chi connectivity index (χ1v) is 11.4. The van der Waals surface area contributed by atoms with Gasteiger partial charge in [0.25, 0.3) is 0 Å².